The number of aliphatic hydroxyl groups excluding tert-OH is 1. The third-order valence-corrected chi connectivity index (χ3v) is 13.4. The van der Waals surface area contributed by atoms with E-state index in [1.807, 2.05) is 0 Å². The molecule has 1 unspecified atom stereocenters. The quantitative estimate of drug-likeness (QED) is 0.408. The number of rotatable bonds is 1. The molecule has 4 saturated carbocycles. The van der Waals surface area contributed by atoms with Crippen molar-refractivity contribution in [2.24, 2.45) is 56.2 Å². The highest BCUT2D eigenvalue weighted by Gasteiger charge is 2.72. The second-order valence-electron chi connectivity index (χ2n) is 15.7. The summed E-state index contributed by atoms with van der Waals surface area (Å²) < 4.78 is 0. The van der Waals surface area contributed by atoms with Crippen molar-refractivity contribution < 1.29 is 14.7 Å². The first kappa shape index (κ1) is 26.0. The van der Waals surface area contributed by atoms with Gasteiger partial charge in [-0.3, -0.25) is 9.59 Å². The number of ketones is 2. The second kappa shape index (κ2) is 7.48. The molecule has 0 aromatic rings. The van der Waals surface area contributed by atoms with Crippen molar-refractivity contribution in [3.8, 4) is 6.07 Å². The highest BCUT2D eigenvalue weighted by atomic mass is 16.3. The summed E-state index contributed by atoms with van der Waals surface area (Å²) in [6, 6.07) is 2.32. The van der Waals surface area contributed by atoms with Crippen molar-refractivity contribution in [1.82, 2.24) is 0 Å². The number of nitriles is 1. The lowest BCUT2D eigenvalue weighted by atomic mass is 9.31. The summed E-state index contributed by atoms with van der Waals surface area (Å²) in [6.07, 6.45) is 7.93. The zero-order valence-corrected chi connectivity index (χ0v) is 23.9. The Hall–Kier alpha value is -1.63. The highest BCUT2D eigenvalue weighted by molar-refractivity contribution is 5.88. The van der Waals surface area contributed by atoms with E-state index in [4.69, 9.17) is 0 Å². The SMILES string of the molecule is CC(=O)[C@]12CCC(C)(C)CC1[C@H]1C(=O)C[C@@H]3[C@@]4(C)CC(C#N)=C(O)C(C)(C)[C@@H]4CC[C@@]3(C)[C@]1(C)CC2. The van der Waals surface area contributed by atoms with Gasteiger partial charge in [0, 0.05) is 23.2 Å². The van der Waals surface area contributed by atoms with E-state index >= 15 is 0 Å². The van der Waals surface area contributed by atoms with Crippen molar-refractivity contribution in [2.75, 3.05) is 0 Å². The topological polar surface area (TPSA) is 78.2 Å². The minimum atomic E-state index is -0.468. The standard InChI is InChI=1S/C32H47NO3/c1-19(34)32-13-11-27(2,3)17-21(32)25-22(35)15-24-29(6)16-20(18-33)26(36)28(4,5)23(29)9-10-30(24,7)31(25,8)12-14-32/h21,23-25,36H,9-17H2,1-8H3/t21?,23-,24+,25-,29-,30+,31+,32+/m0/s1. The predicted molar refractivity (Wildman–Crippen MR) is 141 cm³/mol. The number of fused-ring (bicyclic) bond motifs is 7. The third-order valence-electron chi connectivity index (χ3n) is 13.4. The molecule has 0 aromatic heterocycles. The zero-order valence-electron chi connectivity index (χ0n) is 23.9. The highest BCUT2D eigenvalue weighted by Crippen LogP contribution is 2.76. The van der Waals surface area contributed by atoms with Gasteiger partial charge in [0.15, 0.2) is 0 Å². The summed E-state index contributed by atoms with van der Waals surface area (Å²) in [5.41, 5.74) is -0.544. The van der Waals surface area contributed by atoms with Crippen LogP contribution in [0.25, 0.3) is 0 Å². The van der Waals surface area contributed by atoms with Crippen LogP contribution in [0.1, 0.15) is 113 Å². The first-order valence-electron chi connectivity index (χ1n) is 14.4. The van der Waals surface area contributed by atoms with Crippen LogP contribution in [0, 0.1) is 67.5 Å². The van der Waals surface area contributed by atoms with Crippen molar-refractivity contribution in [3.63, 3.8) is 0 Å². The number of allylic oxidation sites excluding steroid dienone is 2. The van der Waals surface area contributed by atoms with Gasteiger partial charge < -0.3 is 5.11 Å². The average Bonchev–Trinajstić information content (AvgIpc) is 2.77. The van der Waals surface area contributed by atoms with Gasteiger partial charge in [-0.25, -0.2) is 0 Å². The van der Waals surface area contributed by atoms with Crippen LogP contribution in [0.2, 0.25) is 0 Å². The predicted octanol–water partition coefficient (Wildman–Crippen LogP) is 7.58. The summed E-state index contributed by atoms with van der Waals surface area (Å²) in [5.74, 6) is 1.41. The molecular formula is C32H47NO3. The molecule has 8 atom stereocenters. The summed E-state index contributed by atoms with van der Waals surface area (Å²) in [6.45, 7) is 17.8. The summed E-state index contributed by atoms with van der Waals surface area (Å²) in [4.78, 5) is 27.7. The van der Waals surface area contributed by atoms with Gasteiger partial charge in [-0.15, -0.1) is 0 Å². The number of carbonyl (C=O) groups is 2. The number of carbonyl (C=O) groups excluding carboxylic acids is 2. The third kappa shape index (κ3) is 2.98. The second-order valence-corrected chi connectivity index (χ2v) is 15.7. The Bertz CT molecular complexity index is 1090. The molecule has 0 amide bonds. The average molecular weight is 494 g/mol. The van der Waals surface area contributed by atoms with Gasteiger partial charge in [0.1, 0.15) is 17.3 Å². The Kier molecular flexibility index (Phi) is 5.40. The minimum absolute atomic E-state index is 0.0367. The van der Waals surface area contributed by atoms with Crippen LogP contribution in [0.3, 0.4) is 0 Å². The van der Waals surface area contributed by atoms with Crippen molar-refractivity contribution in [1.29, 1.82) is 5.26 Å². The first-order chi connectivity index (χ1) is 16.5. The molecule has 0 heterocycles. The zero-order chi connectivity index (χ0) is 26.7. The van der Waals surface area contributed by atoms with E-state index < -0.39 is 5.41 Å². The molecule has 0 saturated heterocycles. The molecule has 5 aliphatic rings. The first-order valence-corrected chi connectivity index (χ1v) is 14.4. The van der Waals surface area contributed by atoms with Crippen molar-refractivity contribution in [3.05, 3.63) is 11.3 Å². The van der Waals surface area contributed by atoms with Gasteiger partial charge in [0.05, 0.1) is 11.6 Å². The molecule has 0 aromatic carbocycles. The molecule has 0 spiro atoms. The van der Waals surface area contributed by atoms with Gasteiger partial charge in [0.25, 0.3) is 0 Å². The van der Waals surface area contributed by atoms with Crippen LogP contribution in [-0.2, 0) is 9.59 Å². The Morgan fingerprint density at radius 2 is 1.58 bits per heavy atom. The Balaban J connectivity index is 1.63. The fraction of sp³-hybridized carbons (Fsp3) is 0.844. The number of Topliss-reactive ketones (excluding diaryl/α,β-unsaturated/α-hetero) is 2. The normalized spacial score (nSPS) is 49.1. The summed E-state index contributed by atoms with van der Waals surface area (Å²) in [7, 11) is 0. The van der Waals surface area contributed by atoms with E-state index in [9.17, 15) is 20.0 Å². The molecule has 4 nitrogen and oxygen atoms in total. The molecule has 5 rings (SSSR count). The van der Waals surface area contributed by atoms with Crippen LogP contribution < -0.4 is 0 Å². The smallest absolute Gasteiger partial charge is 0.137 e. The minimum Gasteiger partial charge on any atom is -0.511 e. The fourth-order valence-electron chi connectivity index (χ4n) is 11.2. The largest absolute Gasteiger partial charge is 0.511 e. The van der Waals surface area contributed by atoms with E-state index in [0.29, 0.717) is 30.0 Å². The van der Waals surface area contributed by atoms with Crippen LogP contribution in [-0.4, -0.2) is 16.7 Å². The van der Waals surface area contributed by atoms with Gasteiger partial charge in [0.2, 0.25) is 0 Å². The number of hydrogen-bond acceptors (Lipinski definition) is 4. The molecule has 5 aliphatic carbocycles. The molecular weight excluding hydrogens is 446 g/mol. The van der Waals surface area contributed by atoms with Gasteiger partial charge in [-0.1, -0.05) is 48.5 Å². The number of nitrogens with zero attached hydrogens (tertiary/aromatic N) is 1. The summed E-state index contributed by atoms with van der Waals surface area (Å²) in [5, 5.41) is 21.0. The van der Waals surface area contributed by atoms with Crippen LogP contribution in [0.15, 0.2) is 11.3 Å². The van der Waals surface area contributed by atoms with Crippen LogP contribution >= 0.6 is 0 Å². The lowest BCUT2D eigenvalue weighted by molar-refractivity contribution is -0.229. The lowest BCUT2D eigenvalue weighted by Gasteiger charge is -2.72. The fourth-order valence-corrected chi connectivity index (χ4v) is 11.2. The van der Waals surface area contributed by atoms with E-state index in [0.717, 1.165) is 44.9 Å². The molecule has 36 heavy (non-hydrogen) atoms. The molecule has 0 bridgehead atoms. The lowest BCUT2D eigenvalue weighted by Crippen LogP contribution is -2.69. The van der Waals surface area contributed by atoms with E-state index in [-0.39, 0.29) is 56.5 Å². The Labute approximate surface area is 218 Å². The van der Waals surface area contributed by atoms with E-state index in [2.05, 4.69) is 54.5 Å². The van der Waals surface area contributed by atoms with Crippen LogP contribution in [0.5, 0.6) is 0 Å². The molecule has 0 radical (unpaired) electrons. The van der Waals surface area contributed by atoms with Gasteiger partial charge >= 0.3 is 0 Å². The summed E-state index contributed by atoms with van der Waals surface area (Å²) >= 11 is 0. The Morgan fingerprint density at radius 3 is 2.19 bits per heavy atom. The molecule has 198 valence electrons. The van der Waals surface area contributed by atoms with Gasteiger partial charge in [-0.05, 0) is 97.7 Å². The van der Waals surface area contributed by atoms with Crippen molar-refractivity contribution >= 4 is 11.6 Å². The molecule has 4 fully saturated rings. The van der Waals surface area contributed by atoms with Crippen LogP contribution in [0.4, 0.5) is 0 Å². The number of aliphatic hydroxyl groups is 1. The van der Waals surface area contributed by atoms with E-state index in [1.54, 1.807) is 6.92 Å². The maximum Gasteiger partial charge on any atom is 0.137 e. The molecule has 4 heteroatoms. The maximum absolute atomic E-state index is 14.4. The monoisotopic (exact) mass is 493 g/mol. The van der Waals surface area contributed by atoms with E-state index in [1.165, 1.54) is 0 Å². The molecule has 1 N–H and O–H groups in total. The number of hydrogen-bond donors (Lipinski definition) is 1. The molecule has 0 aliphatic heterocycles. The Morgan fingerprint density at radius 1 is 0.944 bits per heavy atom. The van der Waals surface area contributed by atoms with Crippen molar-refractivity contribution in [2.45, 2.75) is 113 Å². The maximum atomic E-state index is 14.4. The van der Waals surface area contributed by atoms with Gasteiger partial charge in [-0.2, -0.15) is 5.26 Å².